The van der Waals surface area contributed by atoms with Crippen LogP contribution in [0.25, 0.3) is 0 Å². The fourth-order valence-electron chi connectivity index (χ4n) is 2.43. The Bertz CT molecular complexity index is 766. The topological polar surface area (TPSA) is 66.4 Å². The Kier molecular flexibility index (Phi) is 6.16. The predicted molar refractivity (Wildman–Crippen MR) is 84.3 cm³/mol. The summed E-state index contributed by atoms with van der Waals surface area (Å²) in [6.45, 7) is 0. The quantitative estimate of drug-likeness (QED) is 0.754. The third-order valence-electron chi connectivity index (χ3n) is 3.55. The van der Waals surface area contributed by atoms with Gasteiger partial charge in [-0.1, -0.05) is 30.3 Å². The van der Waals surface area contributed by atoms with Crippen LogP contribution in [0.15, 0.2) is 42.5 Å². The van der Waals surface area contributed by atoms with Crippen molar-refractivity contribution in [2.45, 2.75) is 25.3 Å². The number of halogens is 3. The summed E-state index contributed by atoms with van der Waals surface area (Å²) in [5.74, 6) is -5.20. The zero-order valence-corrected chi connectivity index (χ0v) is 13.1. The van der Waals surface area contributed by atoms with E-state index in [0.29, 0.717) is 12.1 Å². The Morgan fingerprint density at radius 1 is 1.00 bits per heavy atom. The largest absolute Gasteiger partial charge is 0.481 e. The van der Waals surface area contributed by atoms with Crippen molar-refractivity contribution < 1.29 is 27.9 Å². The van der Waals surface area contributed by atoms with Gasteiger partial charge in [0.1, 0.15) is 5.82 Å². The lowest BCUT2D eigenvalue weighted by Gasteiger charge is -2.18. The first-order valence-corrected chi connectivity index (χ1v) is 7.53. The SMILES string of the molecule is O=C(O)C[C@H](Cc1cc(F)c(F)cc1F)NC(=O)Cc1ccccc1. The Hall–Kier alpha value is -2.83. The maximum absolute atomic E-state index is 13.7. The van der Waals surface area contributed by atoms with Crippen molar-refractivity contribution in [2.75, 3.05) is 0 Å². The van der Waals surface area contributed by atoms with Gasteiger partial charge in [-0.15, -0.1) is 0 Å². The van der Waals surface area contributed by atoms with E-state index in [1.165, 1.54) is 0 Å². The van der Waals surface area contributed by atoms with Crippen LogP contribution in [0.2, 0.25) is 0 Å². The van der Waals surface area contributed by atoms with Gasteiger partial charge in [-0.25, -0.2) is 13.2 Å². The molecule has 2 aromatic rings. The number of carbonyl (C=O) groups excluding carboxylic acids is 1. The van der Waals surface area contributed by atoms with Gasteiger partial charge in [-0.3, -0.25) is 9.59 Å². The molecule has 0 aliphatic heterocycles. The Morgan fingerprint density at radius 2 is 1.64 bits per heavy atom. The molecule has 2 rings (SSSR count). The van der Waals surface area contributed by atoms with Crippen LogP contribution in [0.3, 0.4) is 0 Å². The minimum absolute atomic E-state index is 0.0250. The lowest BCUT2D eigenvalue weighted by molar-refractivity contribution is -0.137. The molecule has 7 heteroatoms. The van der Waals surface area contributed by atoms with E-state index in [4.69, 9.17) is 5.11 Å². The molecule has 2 aromatic carbocycles. The molecule has 4 nitrogen and oxygen atoms in total. The maximum atomic E-state index is 13.7. The number of nitrogens with one attached hydrogen (secondary N) is 1. The van der Waals surface area contributed by atoms with Gasteiger partial charge < -0.3 is 10.4 Å². The van der Waals surface area contributed by atoms with Gasteiger partial charge in [-0.05, 0) is 23.6 Å². The first-order chi connectivity index (χ1) is 11.8. The van der Waals surface area contributed by atoms with Crippen LogP contribution < -0.4 is 5.32 Å². The number of carbonyl (C=O) groups is 2. The van der Waals surface area contributed by atoms with E-state index < -0.39 is 41.8 Å². The highest BCUT2D eigenvalue weighted by atomic mass is 19.2. The number of hydrogen-bond acceptors (Lipinski definition) is 2. The number of aliphatic carboxylic acids is 1. The number of carboxylic acids is 1. The van der Waals surface area contributed by atoms with E-state index in [1.807, 2.05) is 0 Å². The molecule has 0 aliphatic carbocycles. The zero-order chi connectivity index (χ0) is 18.4. The van der Waals surface area contributed by atoms with Crippen LogP contribution >= 0.6 is 0 Å². The number of amides is 1. The summed E-state index contributed by atoms with van der Waals surface area (Å²) in [5.41, 5.74) is 0.526. The number of rotatable bonds is 7. The Morgan fingerprint density at radius 3 is 2.28 bits per heavy atom. The summed E-state index contributed by atoms with van der Waals surface area (Å²) in [5, 5.41) is 11.5. The van der Waals surface area contributed by atoms with E-state index in [-0.39, 0.29) is 18.4 Å². The van der Waals surface area contributed by atoms with Crippen molar-refractivity contribution in [1.82, 2.24) is 5.32 Å². The number of carboxylic acid groups (broad SMARTS) is 1. The first kappa shape index (κ1) is 18.5. The molecule has 0 spiro atoms. The summed E-state index contributed by atoms with van der Waals surface area (Å²) in [7, 11) is 0. The van der Waals surface area contributed by atoms with Gasteiger partial charge in [-0.2, -0.15) is 0 Å². The van der Waals surface area contributed by atoms with Gasteiger partial charge >= 0.3 is 5.97 Å². The van der Waals surface area contributed by atoms with Crippen molar-refractivity contribution in [2.24, 2.45) is 0 Å². The summed E-state index contributed by atoms with van der Waals surface area (Å²) in [4.78, 5) is 23.0. The van der Waals surface area contributed by atoms with Gasteiger partial charge in [0.2, 0.25) is 5.91 Å². The van der Waals surface area contributed by atoms with Crippen LogP contribution in [0.1, 0.15) is 17.5 Å². The van der Waals surface area contributed by atoms with E-state index in [1.54, 1.807) is 30.3 Å². The molecule has 1 amide bonds. The standard InChI is InChI=1S/C18H16F3NO3/c19-14-10-16(21)15(20)8-12(14)7-13(9-18(24)25)22-17(23)6-11-4-2-1-3-5-11/h1-5,8,10,13H,6-7,9H2,(H,22,23)(H,24,25)/t13-/m0/s1. The molecule has 25 heavy (non-hydrogen) atoms. The molecule has 2 N–H and O–H groups in total. The van der Waals surface area contributed by atoms with E-state index in [9.17, 15) is 22.8 Å². The average Bonchev–Trinajstić information content (AvgIpc) is 2.52. The molecule has 0 aromatic heterocycles. The molecule has 1 atom stereocenters. The van der Waals surface area contributed by atoms with Crippen LogP contribution in [0.5, 0.6) is 0 Å². The monoisotopic (exact) mass is 351 g/mol. The van der Waals surface area contributed by atoms with Gasteiger partial charge in [0.25, 0.3) is 0 Å². The fraction of sp³-hybridized carbons (Fsp3) is 0.222. The van der Waals surface area contributed by atoms with E-state index >= 15 is 0 Å². The molecule has 0 saturated carbocycles. The maximum Gasteiger partial charge on any atom is 0.305 e. The summed E-state index contributed by atoms with van der Waals surface area (Å²) in [6, 6.07) is 8.90. The van der Waals surface area contributed by atoms with Gasteiger partial charge in [0.15, 0.2) is 11.6 Å². The second-order valence-corrected chi connectivity index (χ2v) is 5.59. The molecule has 0 aliphatic rings. The second kappa shape index (κ2) is 8.32. The number of benzene rings is 2. The van der Waals surface area contributed by atoms with Crippen molar-refractivity contribution in [3.8, 4) is 0 Å². The molecule has 0 unspecified atom stereocenters. The molecule has 0 heterocycles. The molecule has 0 radical (unpaired) electrons. The third kappa shape index (κ3) is 5.63. The second-order valence-electron chi connectivity index (χ2n) is 5.59. The lowest BCUT2D eigenvalue weighted by atomic mass is 10.0. The van der Waals surface area contributed by atoms with Crippen molar-refractivity contribution in [3.63, 3.8) is 0 Å². The minimum atomic E-state index is -1.33. The highest BCUT2D eigenvalue weighted by Crippen LogP contribution is 2.16. The van der Waals surface area contributed by atoms with Gasteiger partial charge in [0.05, 0.1) is 12.8 Å². The summed E-state index contributed by atoms with van der Waals surface area (Å²) >= 11 is 0. The van der Waals surface area contributed by atoms with Crippen LogP contribution in [-0.4, -0.2) is 23.0 Å². The number of hydrogen-bond donors (Lipinski definition) is 2. The lowest BCUT2D eigenvalue weighted by Crippen LogP contribution is -2.39. The third-order valence-corrected chi connectivity index (χ3v) is 3.55. The van der Waals surface area contributed by atoms with Crippen LogP contribution in [-0.2, 0) is 22.4 Å². The molecular weight excluding hydrogens is 335 g/mol. The Balaban J connectivity index is 2.09. The minimum Gasteiger partial charge on any atom is -0.481 e. The Labute approximate surface area is 142 Å². The summed E-state index contributed by atoms with van der Waals surface area (Å²) < 4.78 is 40.0. The first-order valence-electron chi connectivity index (χ1n) is 7.53. The molecular formula is C18H16F3NO3. The zero-order valence-electron chi connectivity index (χ0n) is 13.1. The van der Waals surface area contributed by atoms with Crippen LogP contribution in [0, 0.1) is 17.5 Å². The predicted octanol–water partition coefficient (Wildman–Crippen LogP) is 2.85. The van der Waals surface area contributed by atoms with Crippen molar-refractivity contribution in [3.05, 3.63) is 71.0 Å². The summed E-state index contributed by atoms with van der Waals surface area (Å²) in [6.07, 6.45) is -0.716. The van der Waals surface area contributed by atoms with Crippen LogP contribution in [0.4, 0.5) is 13.2 Å². The average molecular weight is 351 g/mol. The van der Waals surface area contributed by atoms with Gasteiger partial charge in [0, 0.05) is 12.1 Å². The van der Waals surface area contributed by atoms with E-state index in [0.717, 1.165) is 5.56 Å². The van der Waals surface area contributed by atoms with Crippen molar-refractivity contribution >= 4 is 11.9 Å². The fourth-order valence-corrected chi connectivity index (χ4v) is 2.43. The molecule has 0 saturated heterocycles. The smallest absolute Gasteiger partial charge is 0.305 e. The highest BCUT2D eigenvalue weighted by molar-refractivity contribution is 5.79. The van der Waals surface area contributed by atoms with Crippen molar-refractivity contribution in [1.29, 1.82) is 0 Å². The molecule has 0 bridgehead atoms. The molecule has 0 fully saturated rings. The normalized spacial score (nSPS) is 11.8. The highest BCUT2D eigenvalue weighted by Gasteiger charge is 2.20. The van der Waals surface area contributed by atoms with E-state index in [2.05, 4.69) is 5.32 Å². The molecule has 132 valence electrons.